The van der Waals surface area contributed by atoms with Crippen molar-refractivity contribution >= 4 is 29.0 Å². The summed E-state index contributed by atoms with van der Waals surface area (Å²) in [5.41, 5.74) is 3.73. The summed E-state index contributed by atoms with van der Waals surface area (Å²) in [7, 11) is 1.63. The van der Waals surface area contributed by atoms with Crippen molar-refractivity contribution in [1.29, 1.82) is 0 Å². The number of hydrogen-bond acceptors (Lipinski definition) is 5. The molecule has 0 saturated heterocycles. The summed E-state index contributed by atoms with van der Waals surface area (Å²) >= 11 is 0. The number of allylic oxidation sites excluding steroid dienone is 2. The minimum atomic E-state index is -1.10. The molecule has 2 atom stereocenters. The first kappa shape index (κ1) is 18.4. The fraction of sp³-hybridized carbons (Fsp3) is 0.208. The van der Waals surface area contributed by atoms with Crippen molar-refractivity contribution in [1.82, 2.24) is 0 Å². The van der Waals surface area contributed by atoms with Gasteiger partial charge in [0.1, 0.15) is 0 Å². The van der Waals surface area contributed by atoms with E-state index in [0.717, 1.165) is 5.56 Å². The van der Waals surface area contributed by atoms with E-state index in [-0.39, 0.29) is 28.5 Å². The monoisotopic (exact) mass is 399 g/mol. The number of carbonyl (C=O) groups excluding carboxylic acids is 3. The van der Waals surface area contributed by atoms with Crippen LogP contribution in [0.4, 0.5) is 0 Å². The molecule has 0 spiro atoms. The zero-order valence-electron chi connectivity index (χ0n) is 16.1. The van der Waals surface area contributed by atoms with Gasteiger partial charge in [-0.05, 0) is 53.5 Å². The Balaban J connectivity index is 1.73. The number of nitrogens with zero attached hydrogens (tertiary/aromatic N) is 1. The second-order valence-corrected chi connectivity index (χ2v) is 7.82. The van der Waals surface area contributed by atoms with E-state index in [1.807, 2.05) is 0 Å². The lowest BCUT2D eigenvalue weighted by Gasteiger charge is -2.37. The highest BCUT2D eigenvalue weighted by Gasteiger charge is 2.47. The Hall–Kier alpha value is -3.67. The maximum Gasteiger partial charge on any atom is 0.335 e. The van der Waals surface area contributed by atoms with Crippen molar-refractivity contribution in [3.8, 4) is 0 Å². The van der Waals surface area contributed by atoms with Crippen LogP contribution in [-0.2, 0) is 6.42 Å². The summed E-state index contributed by atoms with van der Waals surface area (Å²) in [5, 5.41) is 9.42. The van der Waals surface area contributed by atoms with Crippen LogP contribution in [-0.4, -0.2) is 41.2 Å². The number of benzene rings is 2. The van der Waals surface area contributed by atoms with Crippen LogP contribution in [0, 0.1) is 5.92 Å². The number of aliphatic imine (C=N–C) groups is 1. The molecule has 148 valence electrons. The Bertz CT molecular complexity index is 1250. The van der Waals surface area contributed by atoms with Gasteiger partial charge in [0, 0.05) is 41.8 Å². The number of hydrogen-bond donors (Lipinski definition) is 1. The van der Waals surface area contributed by atoms with E-state index in [2.05, 4.69) is 4.99 Å². The van der Waals surface area contributed by atoms with Crippen LogP contribution < -0.4 is 0 Å². The number of carbonyl (C=O) groups is 4. The van der Waals surface area contributed by atoms with Gasteiger partial charge in [-0.1, -0.05) is 12.1 Å². The predicted octanol–water partition coefficient (Wildman–Crippen LogP) is 3.28. The molecule has 3 aliphatic carbocycles. The van der Waals surface area contributed by atoms with Crippen LogP contribution in [0.1, 0.15) is 70.5 Å². The Kier molecular flexibility index (Phi) is 3.93. The summed E-state index contributed by atoms with van der Waals surface area (Å²) in [5.74, 6) is -3.11. The maximum atomic E-state index is 13.6. The van der Waals surface area contributed by atoms with Gasteiger partial charge in [-0.3, -0.25) is 19.4 Å². The lowest BCUT2D eigenvalue weighted by atomic mass is 9.64. The number of rotatable bonds is 1. The first-order valence-corrected chi connectivity index (χ1v) is 9.70. The molecule has 2 unspecified atom stereocenters. The molecule has 30 heavy (non-hydrogen) atoms. The smallest absolute Gasteiger partial charge is 0.335 e. The van der Waals surface area contributed by atoms with Crippen molar-refractivity contribution in [2.75, 3.05) is 7.05 Å². The predicted molar refractivity (Wildman–Crippen MR) is 109 cm³/mol. The van der Waals surface area contributed by atoms with Crippen LogP contribution in [0.25, 0.3) is 0 Å². The third-order valence-corrected chi connectivity index (χ3v) is 6.30. The van der Waals surface area contributed by atoms with Gasteiger partial charge in [-0.25, -0.2) is 4.79 Å². The van der Waals surface area contributed by atoms with Gasteiger partial charge in [0.05, 0.1) is 11.5 Å². The van der Waals surface area contributed by atoms with Gasteiger partial charge in [0.15, 0.2) is 17.3 Å². The van der Waals surface area contributed by atoms with E-state index in [4.69, 9.17) is 0 Å². The number of aromatic carboxylic acids is 1. The van der Waals surface area contributed by atoms with Gasteiger partial charge in [0.25, 0.3) is 0 Å². The molecule has 0 heterocycles. The molecule has 0 bridgehead atoms. The van der Waals surface area contributed by atoms with Gasteiger partial charge < -0.3 is 5.11 Å². The summed E-state index contributed by atoms with van der Waals surface area (Å²) in [6.07, 6.45) is 4.09. The quantitative estimate of drug-likeness (QED) is 0.793. The molecular weight excluding hydrogens is 382 g/mol. The Morgan fingerprint density at radius 2 is 1.77 bits per heavy atom. The van der Waals surface area contributed by atoms with Crippen molar-refractivity contribution < 1.29 is 24.3 Å². The Labute approximate surface area is 171 Å². The first-order chi connectivity index (χ1) is 14.4. The molecule has 6 nitrogen and oxygen atoms in total. The minimum Gasteiger partial charge on any atom is -0.478 e. The number of ketones is 3. The maximum absolute atomic E-state index is 13.6. The van der Waals surface area contributed by atoms with Crippen LogP contribution in [0.2, 0.25) is 0 Å². The number of carboxylic acids is 1. The molecule has 0 aliphatic heterocycles. The van der Waals surface area contributed by atoms with Crippen LogP contribution >= 0.6 is 0 Å². The van der Waals surface area contributed by atoms with E-state index in [1.54, 1.807) is 25.3 Å². The van der Waals surface area contributed by atoms with Crippen molar-refractivity contribution in [3.63, 3.8) is 0 Å². The Morgan fingerprint density at radius 3 is 2.50 bits per heavy atom. The number of Topliss-reactive ketones (excluding diaryl/α,β-unsaturated/α-hetero) is 2. The second kappa shape index (κ2) is 6.42. The highest BCUT2D eigenvalue weighted by Crippen LogP contribution is 2.45. The Morgan fingerprint density at radius 1 is 1.00 bits per heavy atom. The molecule has 3 aliphatic rings. The molecule has 0 radical (unpaired) electrons. The molecule has 5 rings (SSSR count). The van der Waals surface area contributed by atoms with Crippen molar-refractivity contribution in [2.24, 2.45) is 10.9 Å². The minimum absolute atomic E-state index is 0.0571. The van der Waals surface area contributed by atoms with Crippen molar-refractivity contribution in [2.45, 2.75) is 18.8 Å². The summed E-state index contributed by atoms with van der Waals surface area (Å²) in [6.45, 7) is 0. The van der Waals surface area contributed by atoms with Gasteiger partial charge >= 0.3 is 5.97 Å². The first-order valence-electron chi connectivity index (χ1n) is 9.70. The molecular formula is C24H17NO5. The lowest BCUT2D eigenvalue weighted by Crippen LogP contribution is -2.40. The van der Waals surface area contributed by atoms with E-state index < -0.39 is 17.8 Å². The fourth-order valence-corrected chi connectivity index (χ4v) is 4.85. The average molecular weight is 399 g/mol. The van der Waals surface area contributed by atoms with Crippen molar-refractivity contribution in [3.05, 3.63) is 81.4 Å². The molecule has 0 amide bonds. The topological polar surface area (TPSA) is 101 Å². The lowest BCUT2D eigenvalue weighted by molar-refractivity contribution is 0.0695. The molecule has 0 saturated carbocycles. The van der Waals surface area contributed by atoms with E-state index >= 15 is 0 Å². The van der Waals surface area contributed by atoms with Crippen LogP contribution in [0.5, 0.6) is 0 Å². The second-order valence-electron chi connectivity index (χ2n) is 7.82. The zero-order chi connectivity index (χ0) is 21.2. The van der Waals surface area contributed by atoms with Gasteiger partial charge in [-0.2, -0.15) is 0 Å². The summed E-state index contributed by atoms with van der Waals surface area (Å²) in [4.78, 5) is 55.1. The third kappa shape index (κ3) is 2.46. The standard InChI is InChI=1S/C24H17NO5/c1-25-19-10-18-21(15-8-12(24(29)30)5-6-13(15)19)23(28)17-9-14-11(3-2-4-20(14)26)7-16(17)22(18)27/h2,4-9,18,21H,3,10H2,1H3,(H,29,30). The zero-order valence-corrected chi connectivity index (χ0v) is 16.1. The molecule has 0 fully saturated rings. The fourth-order valence-electron chi connectivity index (χ4n) is 4.85. The summed E-state index contributed by atoms with van der Waals surface area (Å²) in [6, 6.07) is 7.83. The normalized spacial score (nSPS) is 23.0. The number of fused-ring (bicyclic) bond motifs is 5. The van der Waals surface area contributed by atoms with Gasteiger partial charge in [-0.15, -0.1) is 0 Å². The molecule has 2 aromatic carbocycles. The third-order valence-electron chi connectivity index (χ3n) is 6.30. The van der Waals surface area contributed by atoms with Gasteiger partial charge in [0.2, 0.25) is 0 Å². The van der Waals surface area contributed by atoms with E-state index in [1.165, 1.54) is 24.3 Å². The molecule has 1 N–H and O–H groups in total. The SMILES string of the molecule is CN=C1CC2C(=O)c3cc4c(cc3C(=O)C2c2cc(C(=O)O)ccc21)C(=O)C=CC4. The average Bonchev–Trinajstić information content (AvgIpc) is 2.75. The van der Waals surface area contributed by atoms with Crippen LogP contribution in [0.3, 0.4) is 0 Å². The summed E-state index contributed by atoms with van der Waals surface area (Å²) < 4.78 is 0. The largest absolute Gasteiger partial charge is 0.478 e. The highest BCUT2D eigenvalue weighted by molar-refractivity contribution is 6.23. The van der Waals surface area contributed by atoms with Crippen LogP contribution in [0.15, 0.2) is 47.5 Å². The van der Waals surface area contributed by atoms with E-state index in [0.29, 0.717) is 40.8 Å². The molecule has 0 aromatic heterocycles. The van der Waals surface area contributed by atoms with E-state index in [9.17, 15) is 24.3 Å². The molecule has 6 heteroatoms. The highest BCUT2D eigenvalue weighted by atomic mass is 16.4. The number of carboxylic acid groups (broad SMARTS) is 1. The molecule has 2 aromatic rings.